The summed E-state index contributed by atoms with van der Waals surface area (Å²) in [5, 5.41) is 2.97. The summed E-state index contributed by atoms with van der Waals surface area (Å²) >= 11 is 0. The van der Waals surface area contributed by atoms with Crippen molar-refractivity contribution < 1.29 is 4.79 Å². The van der Waals surface area contributed by atoms with E-state index in [1.54, 1.807) is 0 Å². The van der Waals surface area contributed by atoms with Gasteiger partial charge in [0.05, 0.1) is 0 Å². The van der Waals surface area contributed by atoms with Gasteiger partial charge in [-0.25, -0.2) is 0 Å². The Hall–Kier alpha value is -0.970. The molecule has 3 unspecified atom stereocenters. The third-order valence-corrected chi connectivity index (χ3v) is 4.48. The van der Waals surface area contributed by atoms with Gasteiger partial charge >= 0.3 is 0 Å². The summed E-state index contributed by atoms with van der Waals surface area (Å²) in [5.74, 6) is 4.79. The van der Waals surface area contributed by atoms with Crippen LogP contribution in [0.4, 0.5) is 0 Å². The molecule has 1 amide bonds. The number of terminal acetylenes is 1. The quantitative estimate of drug-likeness (QED) is 0.589. The van der Waals surface area contributed by atoms with Crippen LogP contribution in [-0.2, 0) is 4.79 Å². The Morgan fingerprint density at radius 3 is 2.71 bits per heavy atom. The molecule has 2 saturated carbocycles. The molecule has 2 rings (SSSR count). The molecule has 0 aliphatic heterocycles. The summed E-state index contributed by atoms with van der Waals surface area (Å²) in [5.41, 5.74) is 0. The molecule has 2 aliphatic rings. The molecule has 0 aromatic heterocycles. The van der Waals surface area contributed by atoms with Crippen molar-refractivity contribution in [3.63, 3.8) is 0 Å². The Balaban J connectivity index is 1.79. The van der Waals surface area contributed by atoms with E-state index in [1.165, 1.54) is 32.1 Å². The second-order valence-electron chi connectivity index (χ2n) is 5.56. The number of amides is 1. The van der Waals surface area contributed by atoms with Gasteiger partial charge in [0.2, 0.25) is 5.91 Å². The molecule has 0 aromatic carbocycles. The summed E-state index contributed by atoms with van der Waals surface area (Å²) in [4.78, 5) is 12.0. The van der Waals surface area contributed by atoms with Crippen molar-refractivity contribution in [1.82, 2.24) is 5.32 Å². The molecule has 0 bridgehead atoms. The van der Waals surface area contributed by atoms with Crippen molar-refractivity contribution >= 4 is 5.91 Å². The van der Waals surface area contributed by atoms with Gasteiger partial charge in [0.25, 0.3) is 0 Å². The number of hydrogen-bond acceptors (Lipinski definition) is 1. The Morgan fingerprint density at radius 1 is 1.18 bits per heavy atom. The minimum absolute atomic E-state index is 0.240. The Kier molecular flexibility index (Phi) is 4.48. The van der Waals surface area contributed by atoms with Crippen LogP contribution in [0.3, 0.4) is 0 Å². The largest absolute Gasteiger partial charge is 0.355 e. The first kappa shape index (κ1) is 12.5. The molecule has 1 N–H and O–H groups in total. The maximum absolute atomic E-state index is 12.0. The van der Waals surface area contributed by atoms with Crippen molar-refractivity contribution in [1.29, 1.82) is 0 Å². The van der Waals surface area contributed by atoms with Crippen molar-refractivity contribution in [2.75, 3.05) is 6.54 Å². The summed E-state index contributed by atoms with van der Waals surface area (Å²) in [6, 6.07) is 0. The van der Waals surface area contributed by atoms with Crippen molar-refractivity contribution in [2.45, 2.75) is 51.4 Å². The average molecular weight is 233 g/mol. The number of hydrogen-bond donors (Lipinski definition) is 1. The maximum Gasteiger partial charge on any atom is 0.223 e. The summed E-state index contributed by atoms with van der Waals surface area (Å²) in [6.07, 6.45) is 14.8. The Bertz CT molecular complexity index is 305. The Morgan fingerprint density at radius 2 is 1.94 bits per heavy atom. The summed E-state index contributed by atoms with van der Waals surface area (Å²) in [6.45, 7) is 0.639. The predicted octanol–water partition coefficient (Wildman–Crippen LogP) is 2.73. The second-order valence-corrected chi connectivity index (χ2v) is 5.56. The van der Waals surface area contributed by atoms with E-state index in [-0.39, 0.29) is 11.8 Å². The molecular formula is C15H23NO. The smallest absolute Gasteiger partial charge is 0.223 e. The lowest BCUT2D eigenvalue weighted by atomic mass is 9.67. The van der Waals surface area contributed by atoms with Crippen molar-refractivity contribution in [2.24, 2.45) is 17.8 Å². The zero-order valence-electron chi connectivity index (χ0n) is 10.6. The van der Waals surface area contributed by atoms with Crippen LogP contribution in [0.2, 0.25) is 0 Å². The monoisotopic (exact) mass is 233 g/mol. The third kappa shape index (κ3) is 3.25. The van der Waals surface area contributed by atoms with Gasteiger partial charge < -0.3 is 5.32 Å². The van der Waals surface area contributed by atoms with Crippen molar-refractivity contribution in [3.05, 3.63) is 0 Å². The number of nitrogens with one attached hydrogen (secondary N) is 1. The molecule has 2 nitrogen and oxygen atoms in total. The first-order chi connectivity index (χ1) is 8.31. The van der Waals surface area contributed by atoms with Gasteiger partial charge in [-0.1, -0.05) is 25.7 Å². The van der Waals surface area contributed by atoms with Crippen LogP contribution in [-0.4, -0.2) is 12.5 Å². The van der Waals surface area contributed by atoms with E-state index in [1.807, 2.05) is 0 Å². The lowest BCUT2D eigenvalue weighted by molar-refractivity contribution is -0.127. The first-order valence-electron chi connectivity index (χ1n) is 7.02. The third-order valence-electron chi connectivity index (χ3n) is 4.48. The van der Waals surface area contributed by atoms with E-state index in [4.69, 9.17) is 6.42 Å². The van der Waals surface area contributed by atoms with Gasteiger partial charge in [0.1, 0.15) is 0 Å². The summed E-state index contributed by atoms with van der Waals surface area (Å²) < 4.78 is 0. The van der Waals surface area contributed by atoms with E-state index in [0.717, 1.165) is 24.7 Å². The lowest BCUT2D eigenvalue weighted by Crippen LogP contribution is -2.37. The van der Waals surface area contributed by atoms with E-state index in [9.17, 15) is 4.79 Å². The highest BCUT2D eigenvalue weighted by Crippen LogP contribution is 2.42. The SMILES string of the molecule is C#CCCNC(=O)C1CCC2CCCCC2C1. The molecule has 0 spiro atoms. The van der Waals surface area contributed by atoms with Crippen LogP contribution < -0.4 is 5.32 Å². The fraction of sp³-hybridized carbons (Fsp3) is 0.800. The fourth-order valence-corrected chi connectivity index (χ4v) is 3.51. The van der Waals surface area contributed by atoms with Crippen molar-refractivity contribution in [3.8, 4) is 12.3 Å². The average Bonchev–Trinajstić information content (AvgIpc) is 2.38. The molecule has 0 saturated heterocycles. The van der Waals surface area contributed by atoms with Gasteiger partial charge in [-0.3, -0.25) is 4.79 Å². The molecule has 2 aliphatic carbocycles. The van der Waals surface area contributed by atoms with Crippen LogP contribution in [0.1, 0.15) is 51.4 Å². The highest BCUT2D eigenvalue weighted by Gasteiger charge is 2.34. The number of fused-ring (bicyclic) bond motifs is 1. The minimum atomic E-state index is 0.240. The van der Waals surface area contributed by atoms with E-state index < -0.39 is 0 Å². The molecule has 17 heavy (non-hydrogen) atoms. The number of carbonyl (C=O) groups is 1. The fourth-order valence-electron chi connectivity index (χ4n) is 3.51. The van der Waals surface area contributed by atoms with Gasteiger partial charge in [-0.2, -0.15) is 0 Å². The molecule has 0 heterocycles. The van der Waals surface area contributed by atoms with Crippen LogP contribution in [0.25, 0.3) is 0 Å². The van der Waals surface area contributed by atoms with E-state index in [0.29, 0.717) is 13.0 Å². The number of rotatable bonds is 3. The van der Waals surface area contributed by atoms with Crippen LogP contribution >= 0.6 is 0 Å². The molecule has 0 aromatic rings. The van der Waals surface area contributed by atoms with Gasteiger partial charge in [-0.05, 0) is 31.1 Å². The molecule has 0 radical (unpaired) electrons. The van der Waals surface area contributed by atoms with Gasteiger partial charge in [0.15, 0.2) is 0 Å². The second kappa shape index (κ2) is 6.10. The predicted molar refractivity (Wildman–Crippen MR) is 69.2 cm³/mol. The molecule has 2 heteroatoms. The molecular weight excluding hydrogens is 210 g/mol. The first-order valence-corrected chi connectivity index (χ1v) is 7.02. The standard InChI is InChI=1S/C15H23NO/c1-2-3-10-16-15(17)14-9-8-12-6-4-5-7-13(12)11-14/h1,12-14H,3-11H2,(H,16,17). The Labute approximate surface area is 105 Å². The zero-order chi connectivity index (χ0) is 12.1. The maximum atomic E-state index is 12.0. The molecule has 94 valence electrons. The molecule has 3 atom stereocenters. The highest BCUT2D eigenvalue weighted by atomic mass is 16.1. The minimum Gasteiger partial charge on any atom is -0.355 e. The zero-order valence-corrected chi connectivity index (χ0v) is 10.6. The van der Waals surface area contributed by atoms with E-state index >= 15 is 0 Å². The van der Waals surface area contributed by atoms with Crippen LogP contribution in [0, 0.1) is 30.1 Å². The molecule has 2 fully saturated rings. The van der Waals surface area contributed by atoms with E-state index in [2.05, 4.69) is 11.2 Å². The van der Waals surface area contributed by atoms with Gasteiger partial charge in [-0.15, -0.1) is 12.3 Å². The van der Waals surface area contributed by atoms with Crippen LogP contribution in [0.5, 0.6) is 0 Å². The summed E-state index contributed by atoms with van der Waals surface area (Å²) in [7, 11) is 0. The normalized spacial score (nSPS) is 32.3. The highest BCUT2D eigenvalue weighted by molar-refractivity contribution is 5.78. The van der Waals surface area contributed by atoms with Crippen LogP contribution in [0.15, 0.2) is 0 Å². The number of carbonyl (C=O) groups excluding carboxylic acids is 1. The lowest BCUT2D eigenvalue weighted by Gasteiger charge is -2.38. The topological polar surface area (TPSA) is 29.1 Å². The van der Waals surface area contributed by atoms with Gasteiger partial charge in [0, 0.05) is 18.9 Å².